The van der Waals surface area contributed by atoms with Gasteiger partial charge >= 0.3 is 0 Å². The lowest BCUT2D eigenvalue weighted by Gasteiger charge is -2.05. The molecule has 0 fully saturated rings. The number of carbonyl (C=O) groups excluding carboxylic acids is 1. The number of H-pyrrole nitrogens is 1. The molecule has 0 aliphatic heterocycles. The fourth-order valence-electron chi connectivity index (χ4n) is 2.40. The monoisotopic (exact) mass is 371 g/mol. The lowest BCUT2D eigenvalue weighted by atomic mass is 10.2. The van der Waals surface area contributed by atoms with E-state index in [1.807, 2.05) is 25.1 Å². The zero-order chi connectivity index (χ0) is 18.3. The lowest BCUT2D eigenvalue weighted by molar-refractivity contribution is -0.255. The van der Waals surface area contributed by atoms with Gasteiger partial charge in [0.1, 0.15) is 5.69 Å². The van der Waals surface area contributed by atoms with Gasteiger partial charge in [0.15, 0.2) is 5.16 Å². The summed E-state index contributed by atoms with van der Waals surface area (Å²) in [6.07, 6.45) is 0. The molecule has 11 nitrogen and oxygen atoms in total. The number of aromatic carboxylic acids is 1. The van der Waals surface area contributed by atoms with Gasteiger partial charge in [-0.05, 0) is 34.9 Å². The van der Waals surface area contributed by atoms with Crippen molar-refractivity contribution in [3.63, 3.8) is 0 Å². The number of aryl methyl sites for hydroxylation is 1. The second-order valence-electron chi connectivity index (χ2n) is 5.41. The van der Waals surface area contributed by atoms with Gasteiger partial charge in [-0.25, -0.2) is 9.61 Å². The molecule has 0 aliphatic rings. The number of hydrogen-bond acceptors (Lipinski definition) is 10. The third-order valence-electron chi connectivity index (χ3n) is 3.61. The maximum atomic E-state index is 11.3. The first kappa shape index (κ1) is 16.1. The molecule has 132 valence electrons. The van der Waals surface area contributed by atoms with Gasteiger partial charge in [0.25, 0.3) is 0 Å². The molecule has 0 saturated carbocycles. The van der Waals surface area contributed by atoms with E-state index in [-0.39, 0.29) is 28.8 Å². The molecule has 3 aromatic heterocycles. The van der Waals surface area contributed by atoms with Crippen LogP contribution in [0.25, 0.3) is 16.9 Å². The Hall–Kier alpha value is -3.41. The topological polar surface area (TPSA) is 164 Å². The van der Waals surface area contributed by atoms with Crippen molar-refractivity contribution in [2.75, 3.05) is 5.73 Å². The number of thioether (sulfide) groups is 1. The van der Waals surface area contributed by atoms with E-state index < -0.39 is 5.97 Å². The van der Waals surface area contributed by atoms with E-state index in [0.717, 1.165) is 21.3 Å². The van der Waals surface area contributed by atoms with Crippen molar-refractivity contribution in [3.8, 4) is 5.82 Å². The summed E-state index contributed by atoms with van der Waals surface area (Å²) >= 11 is 1.28. The first-order valence-corrected chi connectivity index (χ1v) is 8.35. The molecule has 3 N–H and O–H groups in total. The number of carboxylic acids is 1. The number of aromatic nitrogens is 7. The number of imidazole rings is 1. The Morgan fingerprint density at radius 1 is 1.42 bits per heavy atom. The third kappa shape index (κ3) is 2.75. The summed E-state index contributed by atoms with van der Waals surface area (Å²) < 4.78 is 5.70. The van der Waals surface area contributed by atoms with Crippen LogP contribution in [0.5, 0.6) is 0 Å². The largest absolute Gasteiger partial charge is 0.543 e. The van der Waals surface area contributed by atoms with Crippen LogP contribution >= 0.6 is 11.8 Å². The molecule has 0 amide bonds. The van der Waals surface area contributed by atoms with Crippen molar-refractivity contribution < 1.29 is 14.5 Å². The summed E-state index contributed by atoms with van der Waals surface area (Å²) in [5.41, 5.74) is 8.38. The van der Waals surface area contributed by atoms with Gasteiger partial charge in [-0.3, -0.25) is 0 Å². The van der Waals surface area contributed by atoms with Crippen molar-refractivity contribution in [2.45, 2.75) is 17.8 Å². The van der Waals surface area contributed by atoms with Crippen molar-refractivity contribution in [3.05, 3.63) is 35.2 Å². The molecule has 0 radical (unpaired) electrons. The molecular weight excluding hydrogens is 360 g/mol. The van der Waals surface area contributed by atoms with Crippen LogP contribution in [0.4, 0.5) is 5.82 Å². The van der Waals surface area contributed by atoms with Gasteiger partial charge in [0, 0.05) is 5.75 Å². The number of fused-ring (bicyclic) bond motifs is 1. The number of anilines is 1. The Morgan fingerprint density at radius 3 is 3.00 bits per heavy atom. The first-order chi connectivity index (χ1) is 12.5. The highest BCUT2D eigenvalue weighted by Gasteiger charge is 2.20. The van der Waals surface area contributed by atoms with E-state index in [9.17, 15) is 9.90 Å². The Morgan fingerprint density at radius 2 is 2.27 bits per heavy atom. The molecule has 0 bridgehead atoms. The number of hydrogen-bond donors (Lipinski definition) is 2. The first-order valence-electron chi connectivity index (χ1n) is 7.36. The van der Waals surface area contributed by atoms with Gasteiger partial charge in [-0.1, -0.05) is 23.0 Å². The Bertz CT molecular complexity index is 1110. The molecule has 0 unspecified atom stereocenters. The molecular formula is C14H11N8O3S-. The van der Waals surface area contributed by atoms with E-state index in [1.165, 1.54) is 11.8 Å². The molecule has 0 atom stereocenters. The Balaban J connectivity index is 1.67. The lowest BCUT2D eigenvalue weighted by Crippen LogP contribution is -2.24. The predicted molar refractivity (Wildman–Crippen MR) is 88.3 cm³/mol. The quantitative estimate of drug-likeness (QED) is 0.459. The standard InChI is InChI=1S/C14H12N8O3S/c1-6-2-3-7-8(4-6)17-14(16-7)26-5-9-10(13(23)24)18-21-22(9)12-11(15)19-25-20-12/h2-4H,5H2,1H3,(H2,15,19)(H,16,17)(H,23,24)/p-1. The van der Waals surface area contributed by atoms with Crippen LogP contribution in [0, 0.1) is 6.92 Å². The minimum Gasteiger partial charge on any atom is -0.543 e. The van der Waals surface area contributed by atoms with Crippen LogP contribution in [0.1, 0.15) is 21.7 Å². The van der Waals surface area contributed by atoms with E-state index in [2.05, 4.69) is 35.2 Å². The van der Waals surface area contributed by atoms with E-state index in [4.69, 9.17) is 5.73 Å². The summed E-state index contributed by atoms with van der Waals surface area (Å²) in [5, 5.41) is 26.4. The third-order valence-corrected chi connectivity index (χ3v) is 4.50. The van der Waals surface area contributed by atoms with Gasteiger partial charge in [-0.2, -0.15) is 4.68 Å². The Labute approximate surface area is 149 Å². The van der Waals surface area contributed by atoms with Crippen LogP contribution < -0.4 is 10.8 Å². The van der Waals surface area contributed by atoms with Gasteiger partial charge in [-0.15, -0.1) is 5.10 Å². The maximum Gasteiger partial charge on any atom is 0.243 e. The number of nitrogens with two attached hydrogens (primary N) is 1. The molecule has 26 heavy (non-hydrogen) atoms. The summed E-state index contributed by atoms with van der Waals surface area (Å²) in [7, 11) is 0. The molecule has 12 heteroatoms. The SMILES string of the molecule is Cc1ccc2nc(SCc3c(C(=O)[O-])nnn3-c3nonc3N)[nH]c2c1. The minimum absolute atomic E-state index is 0.0368. The van der Waals surface area contributed by atoms with E-state index in [0.29, 0.717) is 5.16 Å². The average molecular weight is 371 g/mol. The van der Waals surface area contributed by atoms with Crippen LogP contribution in [-0.4, -0.2) is 41.2 Å². The molecule has 4 aromatic rings. The summed E-state index contributed by atoms with van der Waals surface area (Å²) in [5.74, 6) is -1.25. The Kier molecular flexibility index (Phi) is 3.80. The van der Waals surface area contributed by atoms with E-state index in [1.54, 1.807) is 0 Å². The summed E-state index contributed by atoms with van der Waals surface area (Å²) in [6.45, 7) is 1.99. The van der Waals surface area contributed by atoms with Crippen LogP contribution in [-0.2, 0) is 5.75 Å². The molecule has 0 aliphatic carbocycles. The van der Waals surface area contributed by atoms with Crippen LogP contribution in [0.15, 0.2) is 28.0 Å². The van der Waals surface area contributed by atoms with Gasteiger partial charge in [0.2, 0.25) is 11.6 Å². The minimum atomic E-state index is -1.46. The molecule has 0 saturated heterocycles. The normalized spacial score (nSPS) is 11.3. The van der Waals surface area contributed by atoms with E-state index >= 15 is 0 Å². The maximum absolute atomic E-state index is 11.3. The zero-order valence-corrected chi connectivity index (χ0v) is 14.1. The number of aromatic amines is 1. The molecule has 1 aromatic carbocycles. The summed E-state index contributed by atoms with van der Waals surface area (Å²) in [4.78, 5) is 19.0. The number of nitrogens with one attached hydrogen (secondary N) is 1. The number of nitrogens with zero attached hydrogens (tertiary/aromatic N) is 6. The number of benzene rings is 1. The predicted octanol–water partition coefficient (Wildman–Crippen LogP) is 0.0730. The highest BCUT2D eigenvalue weighted by Crippen LogP contribution is 2.26. The fourth-order valence-corrected chi connectivity index (χ4v) is 3.28. The van der Waals surface area contributed by atoms with Crippen LogP contribution in [0.3, 0.4) is 0 Å². The summed E-state index contributed by atoms with van der Waals surface area (Å²) in [6, 6.07) is 5.85. The molecule has 4 rings (SSSR count). The van der Waals surface area contributed by atoms with Crippen molar-refractivity contribution in [1.82, 2.24) is 35.3 Å². The second kappa shape index (κ2) is 6.15. The smallest absolute Gasteiger partial charge is 0.243 e. The number of carbonyl (C=O) groups is 1. The highest BCUT2D eigenvalue weighted by atomic mass is 32.2. The van der Waals surface area contributed by atoms with Crippen LogP contribution in [0.2, 0.25) is 0 Å². The molecule has 3 heterocycles. The van der Waals surface area contributed by atoms with Crippen molar-refractivity contribution >= 4 is 34.6 Å². The zero-order valence-electron chi connectivity index (χ0n) is 13.3. The number of nitrogen functional groups attached to an aromatic ring is 1. The highest BCUT2D eigenvalue weighted by molar-refractivity contribution is 7.98. The average Bonchev–Trinajstić information content (AvgIpc) is 3.29. The molecule has 0 spiro atoms. The number of carboxylic acid groups (broad SMARTS) is 1. The van der Waals surface area contributed by atoms with Gasteiger partial charge in [0.05, 0.1) is 22.7 Å². The second-order valence-corrected chi connectivity index (χ2v) is 6.37. The van der Waals surface area contributed by atoms with Gasteiger partial charge < -0.3 is 20.6 Å². The van der Waals surface area contributed by atoms with Crippen molar-refractivity contribution in [1.29, 1.82) is 0 Å². The number of rotatable bonds is 5. The fraction of sp³-hybridized carbons (Fsp3) is 0.143. The van der Waals surface area contributed by atoms with Crippen molar-refractivity contribution in [2.24, 2.45) is 0 Å².